The van der Waals surface area contributed by atoms with Crippen LogP contribution in [0.4, 0.5) is 0 Å². The Labute approximate surface area is 356 Å². The van der Waals surface area contributed by atoms with Gasteiger partial charge in [0.2, 0.25) is 0 Å². The van der Waals surface area contributed by atoms with E-state index in [0.29, 0.717) is 0 Å². The normalized spacial score (nSPS) is 12.9. The van der Waals surface area contributed by atoms with Crippen LogP contribution in [-0.4, -0.2) is 0 Å². The first-order valence-corrected chi connectivity index (χ1v) is 21.2. The summed E-state index contributed by atoms with van der Waals surface area (Å²) in [7, 11) is 0. The van der Waals surface area contributed by atoms with Gasteiger partial charge in [-0.1, -0.05) is 158 Å². The quantitative estimate of drug-likeness (QED) is 0.154. The molecule has 12 aromatic carbocycles. The summed E-state index contributed by atoms with van der Waals surface area (Å²) >= 11 is 0. The van der Waals surface area contributed by atoms with E-state index < -0.39 is 0 Å². The Morgan fingerprint density at radius 3 is 1.43 bits per heavy atom. The first-order chi connectivity index (χ1) is 32.6. The molecule has 0 saturated heterocycles. The standard InChI is InChI=1S/C60H36.3H2/c1-33-13-3-7-17-38(33)56-48-28-27-42-46(26-25-37-29-50-45-23-11-21-43-40-19-9-5-15-35(40)30-52(54(43)45)51(50)32-49(37)42)57(48)58(39-18-8-4-14-34(39)2)60-53-31-36-16-6-10-20-41(36)44-22-12-24-47(55(44)53)59(56)60;;;/h3-32H,1-2H3;3*1H/i;3*1+1D. The topological polar surface area (TPSA) is 0 Å². The molecule has 14 rings (SSSR count). The van der Waals surface area contributed by atoms with Crippen LogP contribution >= 0.6 is 0 Å². The van der Waals surface area contributed by atoms with Gasteiger partial charge < -0.3 is 0 Å². The third kappa shape index (κ3) is 4.06. The Kier molecular flexibility index (Phi) is 5.71. The fraction of sp³-hybridized carbons (Fsp3) is 0.0333. The lowest BCUT2D eigenvalue weighted by Gasteiger charge is -2.23. The van der Waals surface area contributed by atoms with E-state index in [1.54, 1.807) is 0 Å². The van der Waals surface area contributed by atoms with Crippen molar-refractivity contribution in [2.24, 2.45) is 0 Å². The third-order valence-corrected chi connectivity index (χ3v) is 14.1. The minimum absolute atomic E-state index is 1.27. The van der Waals surface area contributed by atoms with E-state index in [4.69, 9.17) is 8.91 Å². The van der Waals surface area contributed by atoms with E-state index in [0.717, 1.165) is 0 Å². The summed E-state index contributed by atoms with van der Waals surface area (Å²) in [6.07, 6.45) is 0. The van der Waals surface area contributed by atoms with E-state index in [9.17, 15) is 0 Å². The zero-order chi connectivity index (χ0) is 45.4. The highest BCUT2D eigenvalue weighted by Gasteiger charge is 2.33. The third-order valence-electron chi connectivity index (χ3n) is 14.1. The summed E-state index contributed by atoms with van der Waals surface area (Å²) in [6.45, 7) is 4.56. The first-order valence-electron chi connectivity index (χ1n) is 24.2. The second kappa shape index (κ2) is 11.6. The van der Waals surface area contributed by atoms with Gasteiger partial charge in [-0.15, -0.1) is 0 Å². The molecule has 0 N–H and O–H groups in total. The van der Waals surface area contributed by atoms with Gasteiger partial charge >= 0.3 is 0 Å². The highest BCUT2D eigenvalue weighted by Crippen LogP contribution is 2.60. The zero-order valence-electron chi connectivity index (χ0n) is 39.3. The van der Waals surface area contributed by atoms with Gasteiger partial charge in [0.05, 0.1) is 0 Å². The van der Waals surface area contributed by atoms with Crippen molar-refractivity contribution >= 4 is 75.4 Å². The molecule has 0 heteroatoms. The van der Waals surface area contributed by atoms with Gasteiger partial charge in [0.15, 0.2) is 0 Å². The summed E-state index contributed by atoms with van der Waals surface area (Å²) in [5.41, 5.74) is 18.5. The molecule has 0 unspecified atom stereocenters. The van der Waals surface area contributed by atoms with Crippen LogP contribution in [0, 0.1) is 13.8 Å². The van der Waals surface area contributed by atoms with Gasteiger partial charge in [-0.05, 0) is 191 Å². The van der Waals surface area contributed by atoms with Gasteiger partial charge in [0, 0.05) is 8.91 Å². The van der Waals surface area contributed by atoms with Crippen molar-refractivity contribution in [3.63, 3.8) is 0 Å². The Balaban J connectivity index is 0.000000774. The predicted molar refractivity (Wildman–Crippen MR) is 265 cm³/mol. The van der Waals surface area contributed by atoms with Crippen LogP contribution in [0.3, 0.4) is 0 Å². The Bertz CT molecular complexity index is 3980. The number of hydrogen-bond acceptors (Lipinski definition) is 0. The highest BCUT2D eigenvalue weighted by molar-refractivity contribution is 6.35. The SMILES string of the molecule is Cc1ccccc1-c1c2c(c(-c3ccccc3C)c3c1ccc1c4cc5c(cc4ccc13)-c1cccc3c1c-5cc1ccccc13)-c1cc3ccccc3c3cccc-2c13.[2H][2H].[2H][2H].[2H][2H]. The Morgan fingerprint density at radius 2 is 0.717 bits per heavy atom. The molecular formula is C60H42. The van der Waals surface area contributed by atoms with Crippen LogP contribution < -0.4 is 0 Å². The predicted octanol–water partition coefficient (Wildman–Crippen LogP) is 17.7. The van der Waals surface area contributed by atoms with Gasteiger partial charge in [-0.25, -0.2) is 0 Å². The number of fused-ring (bicyclic) bond motifs is 15. The molecule has 0 aliphatic heterocycles. The molecule has 2 aliphatic rings. The molecule has 0 atom stereocenters. The van der Waals surface area contributed by atoms with Gasteiger partial charge in [0.25, 0.3) is 0 Å². The first kappa shape index (κ1) is 29.6. The molecule has 0 spiro atoms. The van der Waals surface area contributed by atoms with Crippen LogP contribution in [-0.2, 0) is 0 Å². The van der Waals surface area contributed by atoms with E-state index in [-0.39, 0.29) is 0 Å². The number of aryl methyl sites for hydroxylation is 2. The summed E-state index contributed by atoms with van der Waals surface area (Å²) in [6, 6.07) is 69.2. The molecule has 282 valence electrons. The van der Waals surface area contributed by atoms with Crippen LogP contribution in [0.5, 0.6) is 0 Å². The van der Waals surface area contributed by atoms with Crippen molar-refractivity contribution in [1.29, 1.82) is 0 Å². The molecule has 0 nitrogen and oxygen atoms in total. The lowest BCUT2D eigenvalue weighted by atomic mass is 9.79. The fourth-order valence-electron chi connectivity index (χ4n) is 11.6. The monoisotopic (exact) mass is 768 g/mol. The molecule has 0 aromatic heterocycles. The molecular weight excluding hydrogens is 721 g/mol. The molecule has 0 amide bonds. The summed E-state index contributed by atoms with van der Waals surface area (Å²) in [5.74, 6) is 0. The van der Waals surface area contributed by atoms with Gasteiger partial charge in [-0.3, -0.25) is 0 Å². The van der Waals surface area contributed by atoms with Crippen LogP contribution in [0.15, 0.2) is 182 Å². The lowest BCUT2D eigenvalue weighted by Crippen LogP contribution is -1.97. The van der Waals surface area contributed by atoms with Crippen molar-refractivity contribution in [1.82, 2.24) is 0 Å². The van der Waals surface area contributed by atoms with Gasteiger partial charge in [0.1, 0.15) is 0 Å². The van der Waals surface area contributed by atoms with Crippen LogP contribution in [0.1, 0.15) is 20.0 Å². The molecule has 60 heavy (non-hydrogen) atoms. The van der Waals surface area contributed by atoms with Crippen molar-refractivity contribution in [2.75, 3.05) is 0 Å². The maximum absolute atomic E-state index is 5.00. The van der Waals surface area contributed by atoms with Crippen molar-refractivity contribution < 1.29 is 8.91 Å². The zero-order valence-corrected chi connectivity index (χ0v) is 33.3. The molecule has 0 fully saturated rings. The Hall–Kier alpha value is -7.54. The average molecular weight is 769 g/mol. The number of rotatable bonds is 2. The lowest BCUT2D eigenvalue weighted by molar-refractivity contribution is 1.46. The van der Waals surface area contributed by atoms with Gasteiger partial charge in [-0.2, -0.15) is 0 Å². The van der Waals surface area contributed by atoms with Crippen LogP contribution in [0.25, 0.3) is 142 Å². The van der Waals surface area contributed by atoms with E-state index in [2.05, 4.69) is 196 Å². The average Bonchev–Trinajstić information content (AvgIpc) is 3.87. The largest absolute Gasteiger partial charge is 0.0620 e. The van der Waals surface area contributed by atoms with Crippen molar-refractivity contribution in [3.05, 3.63) is 193 Å². The molecule has 2 aliphatic carbocycles. The molecule has 0 radical (unpaired) electrons. The molecule has 0 saturated carbocycles. The molecule has 12 aromatic rings. The summed E-state index contributed by atoms with van der Waals surface area (Å²) in [5, 5.41) is 18.4. The highest BCUT2D eigenvalue weighted by atomic mass is 14.4. The molecule has 0 bridgehead atoms. The molecule has 0 heterocycles. The van der Waals surface area contributed by atoms with E-state index in [1.807, 2.05) is 0 Å². The van der Waals surface area contributed by atoms with Crippen molar-refractivity contribution in [2.45, 2.75) is 13.8 Å². The smallest absolute Gasteiger partial charge is 0 e. The minimum Gasteiger partial charge on any atom is -0.0620 e. The Morgan fingerprint density at radius 1 is 0.250 bits per heavy atom. The summed E-state index contributed by atoms with van der Waals surface area (Å²) in [4.78, 5) is 0. The number of hydrogen-bond donors (Lipinski definition) is 0. The fourth-order valence-corrected chi connectivity index (χ4v) is 11.6. The maximum Gasteiger partial charge on any atom is 0 e. The van der Waals surface area contributed by atoms with E-state index >= 15 is 0 Å². The van der Waals surface area contributed by atoms with Crippen LogP contribution in [0.2, 0.25) is 0 Å². The second-order valence-electron chi connectivity index (χ2n) is 17.1. The summed E-state index contributed by atoms with van der Waals surface area (Å²) < 4.78 is 30.0. The maximum atomic E-state index is 5.00. The van der Waals surface area contributed by atoms with Crippen molar-refractivity contribution in [3.8, 4) is 66.8 Å². The van der Waals surface area contributed by atoms with E-state index in [1.165, 1.54) is 153 Å². The number of benzene rings is 12. The minimum atomic E-state index is 1.27. The second-order valence-corrected chi connectivity index (χ2v) is 17.1.